The minimum Gasteiger partial charge on any atom is -0.496 e. The third kappa shape index (κ3) is 5.07. The number of amides is 1. The molecule has 0 bridgehead atoms. The molecular weight excluding hydrogens is 284 g/mol. The van der Waals surface area contributed by atoms with Crippen LogP contribution < -0.4 is 10.1 Å². The predicted molar refractivity (Wildman–Crippen MR) is 70.4 cm³/mol. The van der Waals surface area contributed by atoms with E-state index in [9.17, 15) is 19.7 Å². The molecule has 1 aromatic carbocycles. The van der Waals surface area contributed by atoms with Gasteiger partial charge >= 0.3 is 5.97 Å². The van der Waals surface area contributed by atoms with Gasteiger partial charge in [-0.25, -0.2) is 4.79 Å². The number of non-ortho nitro benzene ring substituents is 1. The van der Waals surface area contributed by atoms with Gasteiger partial charge in [-0.2, -0.15) is 0 Å². The number of rotatable bonds is 8. The van der Waals surface area contributed by atoms with Gasteiger partial charge in [-0.15, -0.1) is 0 Å². The molecule has 2 N–H and O–H groups in total. The Balaban J connectivity index is 2.65. The molecular formula is C12H14N2O7. The van der Waals surface area contributed by atoms with Gasteiger partial charge in [0.2, 0.25) is 0 Å². The third-order valence-corrected chi connectivity index (χ3v) is 2.40. The molecule has 0 unspecified atom stereocenters. The van der Waals surface area contributed by atoms with Crippen molar-refractivity contribution in [3.63, 3.8) is 0 Å². The van der Waals surface area contributed by atoms with Crippen molar-refractivity contribution in [2.24, 2.45) is 0 Å². The molecule has 1 amide bonds. The van der Waals surface area contributed by atoms with Gasteiger partial charge in [-0.3, -0.25) is 14.9 Å². The lowest BCUT2D eigenvalue weighted by Crippen LogP contribution is -2.28. The van der Waals surface area contributed by atoms with E-state index in [1.807, 2.05) is 0 Å². The maximum Gasteiger partial charge on any atom is 0.329 e. The molecule has 0 radical (unpaired) electrons. The second-order valence-corrected chi connectivity index (χ2v) is 3.84. The Morgan fingerprint density at radius 2 is 2.14 bits per heavy atom. The average Bonchev–Trinajstić information content (AvgIpc) is 2.45. The lowest BCUT2D eigenvalue weighted by Gasteiger charge is -2.09. The minimum absolute atomic E-state index is 0.00921. The summed E-state index contributed by atoms with van der Waals surface area (Å²) in [6.45, 7) is -0.386. The number of nitro groups is 1. The highest BCUT2D eigenvalue weighted by Crippen LogP contribution is 2.23. The Morgan fingerprint density at radius 1 is 1.43 bits per heavy atom. The predicted octanol–water partition coefficient (Wildman–Crippen LogP) is 0.434. The lowest BCUT2D eigenvalue weighted by molar-refractivity contribution is -0.384. The van der Waals surface area contributed by atoms with E-state index in [0.717, 1.165) is 6.07 Å². The van der Waals surface area contributed by atoms with E-state index in [4.69, 9.17) is 14.6 Å². The zero-order chi connectivity index (χ0) is 15.8. The van der Waals surface area contributed by atoms with E-state index in [1.165, 1.54) is 19.2 Å². The van der Waals surface area contributed by atoms with Crippen LogP contribution in [0.5, 0.6) is 5.75 Å². The topological polar surface area (TPSA) is 128 Å². The molecule has 1 rings (SSSR count). The van der Waals surface area contributed by atoms with E-state index in [-0.39, 0.29) is 30.2 Å². The number of methoxy groups -OCH3 is 1. The van der Waals surface area contributed by atoms with E-state index < -0.39 is 23.4 Å². The van der Waals surface area contributed by atoms with Crippen molar-refractivity contribution in [3.8, 4) is 5.75 Å². The van der Waals surface area contributed by atoms with Crippen LogP contribution in [0.15, 0.2) is 18.2 Å². The fraction of sp³-hybridized carbons (Fsp3) is 0.333. The van der Waals surface area contributed by atoms with Crippen molar-refractivity contribution >= 4 is 17.6 Å². The molecule has 0 fully saturated rings. The van der Waals surface area contributed by atoms with Crippen LogP contribution in [0.3, 0.4) is 0 Å². The number of nitrogens with one attached hydrogen (secondary N) is 1. The molecule has 0 heterocycles. The van der Waals surface area contributed by atoms with Crippen molar-refractivity contribution in [3.05, 3.63) is 33.9 Å². The highest BCUT2D eigenvalue weighted by atomic mass is 16.6. The fourth-order valence-electron chi connectivity index (χ4n) is 1.48. The quantitative estimate of drug-likeness (QED) is 0.404. The summed E-state index contributed by atoms with van der Waals surface area (Å²) in [6, 6.07) is 3.66. The van der Waals surface area contributed by atoms with Crippen molar-refractivity contribution in [1.29, 1.82) is 0 Å². The number of hydrogen-bond donors (Lipinski definition) is 2. The summed E-state index contributed by atoms with van der Waals surface area (Å²) >= 11 is 0. The molecule has 0 atom stereocenters. The first-order valence-electron chi connectivity index (χ1n) is 5.86. The summed E-state index contributed by atoms with van der Waals surface area (Å²) in [6.07, 6.45) is 0. The van der Waals surface area contributed by atoms with E-state index >= 15 is 0 Å². The second kappa shape index (κ2) is 7.80. The first kappa shape index (κ1) is 16.4. The van der Waals surface area contributed by atoms with Crippen LogP contribution in [0.2, 0.25) is 0 Å². The van der Waals surface area contributed by atoms with Gasteiger partial charge in [0.15, 0.2) is 0 Å². The highest BCUT2D eigenvalue weighted by Gasteiger charge is 2.17. The van der Waals surface area contributed by atoms with Crippen molar-refractivity contribution < 1.29 is 29.1 Å². The van der Waals surface area contributed by atoms with Crippen LogP contribution in [0.25, 0.3) is 0 Å². The summed E-state index contributed by atoms with van der Waals surface area (Å²) in [5.41, 5.74) is -0.215. The molecule has 1 aromatic rings. The Bertz CT molecular complexity index is 544. The van der Waals surface area contributed by atoms with Crippen LogP contribution in [-0.2, 0) is 9.53 Å². The summed E-state index contributed by atoms with van der Waals surface area (Å²) in [5, 5.41) is 21.5. The van der Waals surface area contributed by atoms with Crippen LogP contribution in [0.1, 0.15) is 10.4 Å². The molecule has 0 saturated carbocycles. The normalized spacial score (nSPS) is 9.95. The van der Waals surface area contributed by atoms with Gasteiger partial charge in [0, 0.05) is 18.7 Å². The summed E-state index contributed by atoms with van der Waals surface area (Å²) in [4.78, 5) is 32.2. The zero-order valence-corrected chi connectivity index (χ0v) is 11.2. The average molecular weight is 298 g/mol. The summed E-state index contributed by atoms with van der Waals surface area (Å²) < 4.78 is 9.71. The number of ether oxygens (including phenoxy) is 2. The number of nitrogens with zero attached hydrogens (tertiary/aromatic N) is 1. The molecule has 0 aliphatic rings. The summed E-state index contributed by atoms with van der Waals surface area (Å²) in [5.74, 6) is -1.49. The SMILES string of the molecule is COc1ccc([N+](=O)[O-])cc1C(=O)NCCOCC(=O)O. The molecule has 9 nitrogen and oxygen atoms in total. The third-order valence-electron chi connectivity index (χ3n) is 2.40. The molecule has 114 valence electrons. The molecule has 0 aliphatic heterocycles. The number of carboxylic acids is 1. The molecule has 9 heteroatoms. The van der Waals surface area contributed by atoms with Gasteiger partial charge in [0.1, 0.15) is 12.4 Å². The number of carboxylic acid groups (broad SMARTS) is 1. The van der Waals surface area contributed by atoms with E-state index in [0.29, 0.717) is 0 Å². The van der Waals surface area contributed by atoms with Gasteiger partial charge in [0.05, 0.1) is 24.2 Å². The highest BCUT2D eigenvalue weighted by molar-refractivity contribution is 5.97. The first-order chi connectivity index (χ1) is 9.95. The first-order valence-corrected chi connectivity index (χ1v) is 5.86. The van der Waals surface area contributed by atoms with Crippen LogP contribution in [0, 0.1) is 10.1 Å². The number of aliphatic carboxylic acids is 1. The molecule has 0 aromatic heterocycles. The van der Waals surface area contributed by atoms with E-state index in [1.54, 1.807) is 0 Å². The second-order valence-electron chi connectivity index (χ2n) is 3.84. The van der Waals surface area contributed by atoms with Crippen LogP contribution >= 0.6 is 0 Å². The smallest absolute Gasteiger partial charge is 0.329 e. The van der Waals surface area contributed by atoms with E-state index in [2.05, 4.69) is 5.32 Å². The molecule has 0 spiro atoms. The standard InChI is InChI=1S/C12H14N2O7/c1-20-10-3-2-8(14(18)19)6-9(10)12(17)13-4-5-21-7-11(15)16/h2-3,6H,4-5,7H2,1H3,(H,13,17)(H,15,16). The molecule has 0 saturated heterocycles. The monoisotopic (exact) mass is 298 g/mol. The van der Waals surface area contributed by atoms with Crippen molar-refractivity contribution in [1.82, 2.24) is 5.32 Å². The van der Waals surface area contributed by atoms with Crippen molar-refractivity contribution in [2.45, 2.75) is 0 Å². The van der Waals surface area contributed by atoms with Gasteiger partial charge in [0.25, 0.3) is 11.6 Å². The number of carbonyl (C=O) groups is 2. The van der Waals surface area contributed by atoms with Gasteiger partial charge in [-0.1, -0.05) is 0 Å². The molecule has 21 heavy (non-hydrogen) atoms. The maximum atomic E-state index is 11.9. The van der Waals surface area contributed by atoms with Crippen molar-refractivity contribution in [2.75, 3.05) is 26.9 Å². The Kier molecular flexibility index (Phi) is 6.08. The largest absolute Gasteiger partial charge is 0.496 e. The molecule has 0 aliphatic carbocycles. The number of carbonyl (C=O) groups excluding carboxylic acids is 1. The number of benzene rings is 1. The summed E-state index contributed by atoms with van der Waals surface area (Å²) in [7, 11) is 1.34. The minimum atomic E-state index is -1.11. The van der Waals surface area contributed by atoms with Gasteiger partial charge < -0.3 is 19.9 Å². The van der Waals surface area contributed by atoms with Gasteiger partial charge in [-0.05, 0) is 6.07 Å². The Morgan fingerprint density at radius 3 is 2.71 bits per heavy atom. The van der Waals surface area contributed by atoms with Crippen LogP contribution in [-0.4, -0.2) is 48.8 Å². The Hall–Kier alpha value is -2.68. The fourth-order valence-corrected chi connectivity index (χ4v) is 1.48. The number of nitro benzene ring substituents is 1. The zero-order valence-electron chi connectivity index (χ0n) is 11.2. The maximum absolute atomic E-state index is 11.9. The van der Waals surface area contributed by atoms with Crippen LogP contribution in [0.4, 0.5) is 5.69 Å². The number of hydrogen-bond acceptors (Lipinski definition) is 6. The lowest BCUT2D eigenvalue weighted by atomic mass is 10.1. The Labute approximate surface area is 119 Å².